The van der Waals surface area contributed by atoms with E-state index in [1.807, 2.05) is 19.1 Å². The lowest BCUT2D eigenvalue weighted by molar-refractivity contribution is 0.0924. The molecular formula is C15H17N3O2. The number of nitrogens with one attached hydrogen (secondary N) is 1. The van der Waals surface area contributed by atoms with Crippen LogP contribution in [0, 0.1) is 19.8 Å². The van der Waals surface area contributed by atoms with Crippen LogP contribution in [0.1, 0.15) is 46.4 Å². The molecule has 5 heteroatoms. The van der Waals surface area contributed by atoms with Crippen molar-refractivity contribution in [1.82, 2.24) is 15.3 Å². The molecule has 5 nitrogen and oxygen atoms in total. The fraction of sp³-hybridized carbons (Fsp3) is 0.400. The molecule has 1 aliphatic carbocycles. The second kappa shape index (κ2) is 5.07. The highest BCUT2D eigenvalue weighted by Crippen LogP contribution is 2.40. The Bertz CT molecular complexity index is 632. The predicted molar refractivity (Wildman–Crippen MR) is 73.1 cm³/mol. The normalized spacial score (nSPS) is 15.9. The molecule has 1 aliphatic rings. The number of rotatable bonds is 4. The van der Waals surface area contributed by atoms with Crippen LogP contribution in [0.25, 0.3) is 0 Å². The molecule has 0 unspecified atom stereocenters. The van der Waals surface area contributed by atoms with Gasteiger partial charge in [0.15, 0.2) is 12.1 Å². The standard InChI is InChI=1S/C15H17N3O2/c1-9-5-6-16-12(7-9)14(11-3-4-11)18-15(19)13-10(2)20-8-17-13/h5-8,11,14H,3-4H2,1-2H3,(H,18,19)/t14-/m0/s1. The molecule has 3 rings (SSSR count). The monoisotopic (exact) mass is 271 g/mol. The van der Waals surface area contributed by atoms with E-state index in [0.29, 0.717) is 17.4 Å². The number of carbonyl (C=O) groups is 1. The third-order valence-corrected chi connectivity index (χ3v) is 3.60. The van der Waals surface area contributed by atoms with Crippen LogP contribution in [0.15, 0.2) is 29.1 Å². The lowest BCUT2D eigenvalue weighted by Gasteiger charge is -2.17. The Labute approximate surface area is 117 Å². The number of carbonyl (C=O) groups excluding carboxylic acids is 1. The van der Waals surface area contributed by atoms with Crippen molar-refractivity contribution in [2.24, 2.45) is 5.92 Å². The molecule has 0 radical (unpaired) electrons. The number of oxazole rings is 1. The van der Waals surface area contributed by atoms with E-state index in [1.165, 1.54) is 6.39 Å². The average Bonchev–Trinajstić information content (AvgIpc) is 3.17. The second-order valence-electron chi connectivity index (χ2n) is 5.30. The van der Waals surface area contributed by atoms with Gasteiger partial charge in [0.25, 0.3) is 5.91 Å². The Morgan fingerprint density at radius 1 is 1.40 bits per heavy atom. The van der Waals surface area contributed by atoms with Crippen LogP contribution in [-0.4, -0.2) is 15.9 Å². The summed E-state index contributed by atoms with van der Waals surface area (Å²) in [5.41, 5.74) is 2.41. The summed E-state index contributed by atoms with van der Waals surface area (Å²) in [6, 6.07) is 3.94. The molecule has 20 heavy (non-hydrogen) atoms. The highest BCUT2D eigenvalue weighted by Gasteiger charge is 2.35. The second-order valence-corrected chi connectivity index (χ2v) is 5.30. The van der Waals surface area contributed by atoms with Crippen molar-refractivity contribution >= 4 is 5.91 Å². The van der Waals surface area contributed by atoms with E-state index in [4.69, 9.17) is 4.42 Å². The molecule has 0 spiro atoms. The van der Waals surface area contributed by atoms with Crippen LogP contribution in [0.4, 0.5) is 0 Å². The van der Waals surface area contributed by atoms with Crippen molar-refractivity contribution in [1.29, 1.82) is 0 Å². The van der Waals surface area contributed by atoms with E-state index in [-0.39, 0.29) is 11.9 Å². The molecule has 104 valence electrons. The molecule has 0 bridgehead atoms. The first-order valence-electron chi connectivity index (χ1n) is 6.78. The van der Waals surface area contributed by atoms with Gasteiger partial charge in [0.05, 0.1) is 11.7 Å². The molecule has 1 saturated carbocycles. The first kappa shape index (κ1) is 12.8. The van der Waals surface area contributed by atoms with Gasteiger partial charge < -0.3 is 9.73 Å². The third-order valence-electron chi connectivity index (χ3n) is 3.60. The van der Waals surface area contributed by atoms with Crippen molar-refractivity contribution in [3.63, 3.8) is 0 Å². The SMILES string of the molecule is Cc1ccnc([C@@H](NC(=O)c2ncoc2C)C2CC2)c1. The maximum Gasteiger partial charge on any atom is 0.274 e. The van der Waals surface area contributed by atoms with Crippen LogP contribution in [0.3, 0.4) is 0 Å². The predicted octanol–water partition coefficient (Wildman–Crippen LogP) is 2.57. The summed E-state index contributed by atoms with van der Waals surface area (Å²) in [6.45, 7) is 3.76. The molecule has 1 N–H and O–H groups in total. The minimum atomic E-state index is -0.198. The molecule has 0 saturated heterocycles. The first-order valence-corrected chi connectivity index (χ1v) is 6.78. The van der Waals surface area contributed by atoms with E-state index in [2.05, 4.69) is 15.3 Å². The van der Waals surface area contributed by atoms with Crippen LogP contribution in [0.5, 0.6) is 0 Å². The minimum Gasteiger partial charge on any atom is -0.448 e. The number of aromatic nitrogens is 2. The van der Waals surface area contributed by atoms with Crippen molar-refractivity contribution in [2.45, 2.75) is 32.7 Å². The number of amides is 1. The lowest BCUT2D eigenvalue weighted by atomic mass is 10.1. The summed E-state index contributed by atoms with van der Waals surface area (Å²) >= 11 is 0. The van der Waals surface area contributed by atoms with E-state index < -0.39 is 0 Å². The Hall–Kier alpha value is -2.17. The fourth-order valence-electron chi connectivity index (χ4n) is 2.33. The number of aryl methyl sites for hydroxylation is 2. The third kappa shape index (κ3) is 2.57. The molecule has 1 fully saturated rings. The Kier molecular flexibility index (Phi) is 3.26. The molecule has 0 aliphatic heterocycles. The highest BCUT2D eigenvalue weighted by atomic mass is 16.3. The first-order chi connectivity index (χ1) is 9.65. The van der Waals surface area contributed by atoms with E-state index >= 15 is 0 Å². The highest BCUT2D eigenvalue weighted by molar-refractivity contribution is 5.93. The van der Waals surface area contributed by atoms with Crippen LogP contribution < -0.4 is 5.32 Å². The van der Waals surface area contributed by atoms with Gasteiger partial charge in [-0.25, -0.2) is 4.98 Å². The summed E-state index contributed by atoms with van der Waals surface area (Å²) in [5, 5.41) is 3.04. The smallest absolute Gasteiger partial charge is 0.274 e. The molecule has 1 atom stereocenters. The average molecular weight is 271 g/mol. The van der Waals surface area contributed by atoms with E-state index in [9.17, 15) is 4.79 Å². The number of hydrogen-bond acceptors (Lipinski definition) is 4. The molecule has 0 aromatic carbocycles. The quantitative estimate of drug-likeness (QED) is 0.928. The van der Waals surface area contributed by atoms with Gasteiger partial charge in [-0.15, -0.1) is 0 Å². The number of nitrogens with zero attached hydrogens (tertiary/aromatic N) is 2. The van der Waals surface area contributed by atoms with Crippen LogP contribution in [0.2, 0.25) is 0 Å². The minimum absolute atomic E-state index is 0.0431. The van der Waals surface area contributed by atoms with Gasteiger partial charge in [0, 0.05) is 6.20 Å². The van der Waals surface area contributed by atoms with Crippen molar-refractivity contribution in [2.75, 3.05) is 0 Å². The van der Waals surface area contributed by atoms with E-state index in [0.717, 1.165) is 24.1 Å². The Morgan fingerprint density at radius 2 is 2.20 bits per heavy atom. The fourth-order valence-corrected chi connectivity index (χ4v) is 2.33. The van der Waals surface area contributed by atoms with Gasteiger partial charge in [-0.1, -0.05) is 0 Å². The van der Waals surface area contributed by atoms with E-state index in [1.54, 1.807) is 13.1 Å². The van der Waals surface area contributed by atoms with Gasteiger partial charge >= 0.3 is 0 Å². The topological polar surface area (TPSA) is 68.0 Å². The van der Waals surface area contributed by atoms with Crippen molar-refractivity contribution < 1.29 is 9.21 Å². The van der Waals surface area contributed by atoms with Crippen LogP contribution in [-0.2, 0) is 0 Å². The maximum atomic E-state index is 12.3. The molecular weight excluding hydrogens is 254 g/mol. The number of hydrogen-bond donors (Lipinski definition) is 1. The van der Waals surface area contributed by atoms with Gasteiger partial charge in [0.1, 0.15) is 5.76 Å². The molecule has 2 aromatic heterocycles. The summed E-state index contributed by atoms with van der Waals surface area (Å²) < 4.78 is 5.08. The number of pyridine rings is 1. The van der Waals surface area contributed by atoms with Gasteiger partial charge in [-0.2, -0.15) is 0 Å². The van der Waals surface area contributed by atoms with Gasteiger partial charge in [-0.3, -0.25) is 9.78 Å². The zero-order valence-corrected chi connectivity index (χ0v) is 11.6. The Balaban J connectivity index is 1.82. The summed E-state index contributed by atoms with van der Waals surface area (Å²) in [7, 11) is 0. The Morgan fingerprint density at radius 3 is 2.80 bits per heavy atom. The zero-order valence-electron chi connectivity index (χ0n) is 11.6. The van der Waals surface area contributed by atoms with Crippen molar-refractivity contribution in [3.05, 3.63) is 47.4 Å². The van der Waals surface area contributed by atoms with Gasteiger partial charge in [-0.05, 0) is 50.3 Å². The zero-order chi connectivity index (χ0) is 14.1. The maximum absolute atomic E-state index is 12.3. The molecule has 1 amide bonds. The van der Waals surface area contributed by atoms with Crippen LogP contribution >= 0.6 is 0 Å². The van der Waals surface area contributed by atoms with Gasteiger partial charge in [0.2, 0.25) is 0 Å². The molecule has 2 aromatic rings. The summed E-state index contributed by atoms with van der Waals surface area (Å²) in [4.78, 5) is 20.6. The molecule has 2 heterocycles. The summed E-state index contributed by atoms with van der Waals surface area (Å²) in [5.74, 6) is 0.811. The van der Waals surface area contributed by atoms with Crippen molar-refractivity contribution in [3.8, 4) is 0 Å². The lowest BCUT2D eigenvalue weighted by Crippen LogP contribution is -2.31. The summed E-state index contributed by atoms with van der Waals surface area (Å²) in [6.07, 6.45) is 5.32. The largest absolute Gasteiger partial charge is 0.448 e.